The molecule has 0 spiro atoms. The summed E-state index contributed by atoms with van der Waals surface area (Å²) >= 11 is 0. The molecule has 7 heteroatoms. The molecule has 0 rings (SSSR count). The van der Waals surface area contributed by atoms with Crippen molar-refractivity contribution in [1.82, 2.24) is 5.32 Å². The van der Waals surface area contributed by atoms with E-state index in [1.165, 1.54) is 6.92 Å². The van der Waals surface area contributed by atoms with Gasteiger partial charge in [-0.15, -0.1) is 0 Å². The summed E-state index contributed by atoms with van der Waals surface area (Å²) in [6.45, 7) is 3.59. The molecule has 1 amide bonds. The van der Waals surface area contributed by atoms with Gasteiger partial charge in [0.1, 0.15) is 0 Å². The Morgan fingerprint density at radius 2 is 1.82 bits per heavy atom. The van der Waals surface area contributed by atoms with Gasteiger partial charge >= 0.3 is 6.18 Å². The first-order valence-electron chi connectivity index (χ1n) is 5.30. The Hall–Kier alpha value is -0.820. The van der Waals surface area contributed by atoms with E-state index in [1.54, 1.807) is 0 Å². The molecule has 0 aliphatic heterocycles. The summed E-state index contributed by atoms with van der Waals surface area (Å²) in [6.07, 6.45) is -3.80. The van der Waals surface area contributed by atoms with Crippen molar-refractivity contribution in [3.8, 4) is 0 Å². The minimum atomic E-state index is -4.83. The molecule has 0 fully saturated rings. The molecule has 0 aromatic carbocycles. The summed E-state index contributed by atoms with van der Waals surface area (Å²) < 4.78 is 37.2. The lowest BCUT2D eigenvalue weighted by Crippen LogP contribution is -2.62. The van der Waals surface area contributed by atoms with Crippen LogP contribution in [0.1, 0.15) is 33.6 Å². The summed E-state index contributed by atoms with van der Waals surface area (Å²) in [5.74, 6) is -1.35. The predicted octanol–water partition coefficient (Wildman–Crippen LogP) is 0.933. The fraction of sp³-hybridized carbons (Fsp3) is 0.900. The average molecular weight is 256 g/mol. The zero-order valence-electron chi connectivity index (χ0n) is 10.2. The van der Waals surface area contributed by atoms with E-state index >= 15 is 0 Å². The van der Waals surface area contributed by atoms with Gasteiger partial charge in [0.25, 0.3) is 0 Å². The number of nitrogens with one attached hydrogen (secondary N) is 1. The molecule has 0 bridgehead atoms. The minimum absolute atomic E-state index is 0.261. The third-order valence-electron chi connectivity index (χ3n) is 2.48. The van der Waals surface area contributed by atoms with Crippen LogP contribution in [0.3, 0.4) is 0 Å². The monoisotopic (exact) mass is 256 g/mol. The number of rotatable bonds is 5. The first-order valence-corrected chi connectivity index (χ1v) is 5.30. The van der Waals surface area contributed by atoms with Crippen LogP contribution in [0.15, 0.2) is 0 Å². The third kappa shape index (κ3) is 4.51. The minimum Gasteiger partial charge on any atom is -0.388 e. The topological polar surface area (TPSA) is 75.3 Å². The maximum atomic E-state index is 12.4. The molecule has 0 saturated carbocycles. The molecule has 17 heavy (non-hydrogen) atoms. The molecule has 0 heterocycles. The maximum absolute atomic E-state index is 12.4. The highest BCUT2D eigenvalue weighted by atomic mass is 19.4. The Balaban J connectivity index is 4.48. The van der Waals surface area contributed by atoms with Crippen molar-refractivity contribution in [2.75, 3.05) is 6.54 Å². The summed E-state index contributed by atoms with van der Waals surface area (Å²) in [6, 6.07) is 0. The molecule has 0 radical (unpaired) electrons. The van der Waals surface area contributed by atoms with E-state index in [9.17, 15) is 23.1 Å². The number of carbonyl (C=O) groups excluding carboxylic acids is 1. The Bertz CT molecular complexity index is 275. The molecule has 0 aromatic heterocycles. The van der Waals surface area contributed by atoms with E-state index < -0.39 is 23.2 Å². The zero-order valence-corrected chi connectivity index (χ0v) is 10.2. The number of aliphatic hydroxyl groups is 1. The van der Waals surface area contributed by atoms with Gasteiger partial charge in [-0.2, -0.15) is 13.2 Å². The van der Waals surface area contributed by atoms with Gasteiger partial charge in [0.2, 0.25) is 5.91 Å². The number of hydrogen-bond donors (Lipinski definition) is 3. The smallest absolute Gasteiger partial charge is 0.388 e. The third-order valence-corrected chi connectivity index (χ3v) is 2.48. The highest BCUT2D eigenvalue weighted by Gasteiger charge is 2.54. The van der Waals surface area contributed by atoms with Crippen LogP contribution in [0.4, 0.5) is 13.2 Å². The van der Waals surface area contributed by atoms with Gasteiger partial charge in [0.05, 0.1) is 5.60 Å². The average Bonchev–Trinajstić information content (AvgIpc) is 2.12. The van der Waals surface area contributed by atoms with E-state index in [2.05, 4.69) is 0 Å². The van der Waals surface area contributed by atoms with Crippen LogP contribution in [-0.2, 0) is 4.79 Å². The van der Waals surface area contributed by atoms with Crippen molar-refractivity contribution in [3.05, 3.63) is 0 Å². The van der Waals surface area contributed by atoms with Crippen molar-refractivity contribution < 1.29 is 23.1 Å². The first kappa shape index (κ1) is 16.2. The van der Waals surface area contributed by atoms with Crippen molar-refractivity contribution >= 4 is 5.91 Å². The number of hydrogen-bond acceptors (Lipinski definition) is 3. The molecule has 0 aliphatic carbocycles. The molecule has 4 N–H and O–H groups in total. The zero-order chi connectivity index (χ0) is 13.9. The largest absolute Gasteiger partial charge is 0.415 e. The second-order valence-corrected chi connectivity index (χ2v) is 4.63. The molecular formula is C10H19F3N2O2. The van der Waals surface area contributed by atoms with E-state index in [4.69, 9.17) is 5.73 Å². The van der Waals surface area contributed by atoms with Crippen LogP contribution in [0, 0.1) is 0 Å². The molecule has 102 valence electrons. The number of amides is 1. The summed E-state index contributed by atoms with van der Waals surface area (Å²) in [4.78, 5) is 11.3. The Morgan fingerprint density at radius 3 is 2.18 bits per heavy atom. The molecule has 0 saturated heterocycles. The second-order valence-electron chi connectivity index (χ2n) is 4.63. The molecule has 2 atom stereocenters. The van der Waals surface area contributed by atoms with Crippen LogP contribution in [0.25, 0.3) is 0 Å². The lowest BCUT2D eigenvalue weighted by Gasteiger charge is -2.29. The van der Waals surface area contributed by atoms with E-state index in [0.717, 1.165) is 0 Å². The first-order chi connectivity index (χ1) is 7.44. The fourth-order valence-electron chi connectivity index (χ4n) is 1.21. The molecule has 2 unspecified atom stereocenters. The number of carbonyl (C=O) groups is 1. The SMILES string of the molecule is CCCC(C)(O)CNC(=O)C(C)(N)C(F)(F)F. The molecule has 4 nitrogen and oxygen atoms in total. The lowest BCUT2D eigenvalue weighted by molar-refractivity contribution is -0.187. The van der Waals surface area contributed by atoms with Crippen LogP contribution in [0.2, 0.25) is 0 Å². The number of nitrogens with two attached hydrogens (primary N) is 1. The van der Waals surface area contributed by atoms with Crippen LogP contribution in [0.5, 0.6) is 0 Å². The van der Waals surface area contributed by atoms with Gasteiger partial charge in [0.15, 0.2) is 5.54 Å². The standard InChI is InChI=1S/C10H19F3N2O2/c1-4-5-8(2,17)6-15-7(16)9(3,14)10(11,12)13/h17H,4-6,14H2,1-3H3,(H,15,16). The molecule has 0 aliphatic rings. The summed E-state index contributed by atoms with van der Waals surface area (Å²) in [7, 11) is 0. The van der Waals surface area contributed by atoms with Crippen LogP contribution in [-0.4, -0.2) is 34.9 Å². The van der Waals surface area contributed by atoms with Gasteiger partial charge in [-0.25, -0.2) is 0 Å². The Kier molecular flexibility index (Phi) is 4.97. The molecular weight excluding hydrogens is 237 g/mol. The predicted molar refractivity (Wildman–Crippen MR) is 57.2 cm³/mol. The van der Waals surface area contributed by atoms with Crippen molar-refractivity contribution in [2.45, 2.75) is 50.9 Å². The Labute approximate surface area is 98.4 Å². The maximum Gasteiger partial charge on any atom is 0.415 e. The van der Waals surface area contributed by atoms with Crippen LogP contribution < -0.4 is 11.1 Å². The van der Waals surface area contributed by atoms with Gasteiger partial charge in [-0.3, -0.25) is 4.79 Å². The number of alkyl halides is 3. The summed E-state index contributed by atoms with van der Waals surface area (Å²) in [5.41, 5.74) is 0.743. The lowest BCUT2D eigenvalue weighted by atomic mass is 9.98. The second kappa shape index (κ2) is 5.22. The highest BCUT2D eigenvalue weighted by Crippen LogP contribution is 2.28. The van der Waals surface area contributed by atoms with Crippen LogP contribution >= 0.6 is 0 Å². The highest BCUT2D eigenvalue weighted by molar-refractivity contribution is 5.86. The van der Waals surface area contributed by atoms with Gasteiger partial charge in [-0.05, 0) is 20.3 Å². The van der Waals surface area contributed by atoms with E-state index in [1.807, 2.05) is 12.2 Å². The number of halogens is 3. The van der Waals surface area contributed by atoms with Gasteiger partial charge < -0.3 is 16.2 Å². The quantitative estimate of drug-likeness (QED) is 0.685. The fourth-order valence-corrected chi connectivity index (χ4v) is 1.21. The van der Waals surface area contributed by atoms with Gasteiger partial charge in [0, 0.05) is 6.54 Å². The van der Waals surface area contributed by atoms with Crippen molar-refractivity contribution in [1.29, 1.82) is 0 Å². The molecule has 0 aromatic rings. The van der Waals surface area contributed by atoms with Crippen molar-refractivity contribution in [3.63, 3.8) is 0 Å². The summed E-state index contributed by atoms with van der Waals surface area (Å²) in [5, 5.41) is 11.7. The van der Waals surface area contributed by atoms with E-state index in [0.29, 0.717) is 19.8 Å². The van der Waals surface area contributed by atoms with Crippen molar-refractivity contribution in [2.24, 2.45) is 5.73 Å². The normalized spacial score (nSPS) is 19.3. The Morgan fingerprint density at radius 1 is 1.35 bits per heavy atom. The van der Waals surface area contributed by atoms with Gasteiger partial charge in [-0.1, -0.05) is 13.3 Å². The van der Waals surface area contributed by atoms with E-state index in [-0.39, 0.29) is 6.54 Å².